The quantitative estimate of drug-likeness (QED) is 0.897. The first kappa shape index (κ1) is 15.9. The van der Waals surface area contributed by atoms with Gasteiger partial charge in [0, 0.05) is 22.3 Å². The van der Waals surface area contributed by atoms with Crippen molar-refractivity contribution in [1.82, 2.24) is 4.72 Å². The van der Waals surface area contributed by atoms with Gasteiger partial charge < -0.3 is 5.73 Å². The highest BCUT2D eigenvalue weighted by atomic mass is 32.2. The van der Waals surface area contributed by atoms with Crippen molar-refractivity contribution in [1.29, 1.82) is 0 Å². The molecule has 20 heavy (non-hydrogen) atoms. The van der Waals surface area contributed by atoms with Crippen molar-refractivity contribution in [3.05, 3.63) is 15.8 Å². The Labute approximate surface area is 125 Å². The minimum atomic E-state index is -3.42. The van der Waals surface area contributed by atoms with Crippen molar-refractivity contribution < 1.29 is 8.42 Å². The molecule has 3 N–H and O–H groups in total. The molecule has 2 atom stereocenters. The first-order valence-corrected chi connectivity index (χ1v) is 9.43. The highest BCUT2D eigenvalue weighted by Gasteiger charge is 2.29. The first-order chi connectivity index (χ1) is 9.31. The van der Waals surface area contributed by atoms with Gasteiger partial charge >= 0.3 is 0 Å². The highest BCUT2D eigenvalue weighted by Crippen LogP contribution is 2.31. The monoisotopic (exact) mass is 316 g/mol. The zero-order valence-corrected chi connectivity index (χ0v) is 14.0. The molecule has 1 aliphatic rings. The van der Waals surface area contributed by atoms with Crippen molar-refractivity contribution in [2.75, 3.05) is 0 Å². The SMILES string of the molecule is Cc1sc(CN)cc1S(=O)(=O)NC1CC(C)CC(C)C1. The summed E-state index contributed by atoms with van der Waals surface area (Å²) in [5, 5.41) is 0. The Bertz CT molecular complexity index is 556. The molecule has 1 saturated carbocycles. The number of sulfonamides is 1. The number of hydrogen-bond acceptors (Lipinski definition) is 4. The molecule has 0 bridgehead atoms. The number of aryl methyl sites for hydroxylation is 1. The van der Waals surface area contributed by atoms with Crippen LogP contribution < -0.4 is 10.5 Å². The van der Waals surface area contributed by atoms with E-state index in [0.717, 1.165) is 22.6 Å². The van der Waals surface area contributed by atoms with E-state index in [1.165, 1.54) is 17.8 Å². The van der Waals surface area contributed by atoms with Gasteiger partial charge in [0.15, 0.2) is 0 Å². The second kappa shape index (κ2) is 6.13. The van der Waals surface area contributed by atoms with Crippen LogP contribution in [0.3, 0.4) is 0 Å². The van der Waals surface area contributed by atoms with Gasteiger partial charge in [0.2, 0.25) is 10.0 Å². The normalized spacial score (nSPS) is 27.7. The van der Waals surface area contributed by atoms with Gasteiger partial charge in [-0.3, -0.25) is 0 Å². The topological polar surface area (TPSA) is 72.2 Å². The van der Waals surface area contributed by atoms with E-state index in [1.807, 2.05) is 6.92 Å². The number of nitrogens with one attached hydrogen (secondary N) is 1. The van der Waals surface area contributed by atoms with Gasteiger partial charge in [0.25, 0.3) is 0 Å². The molecule has 2 unspecified atom stereocenters. The van der Waals surface area contributed by atoms with Crippen molar-refractivity contribution in [3.63, 3.8) is 0 Å². The van der Waals surface area contributed by atoms with Crippen LogP contribution in [-0.2, 0) is 16.6 Å². The Morgan fingerprint density at radius 2 is 1.90 bits per heavy atom. The zero-order chi connectivity index (χ0) is 14.9. The number of thiophene rings is 1. The second-order valence-corrected chi connectivity index (χ2v) is 9.10. The summed E-state index contributed by atoms with van der Waals surface area (Å²) in [6.45, 7) is 6.61. The van der Waals surface area contributed by atoms with Gasteiger partial charge in [0.1, 0.15) is 0 Å². The molecule has 4 nitrogen and oxygen atoms in total. The van der Waals surface area contributed by atoms with E-state index in [0.29, 0.717) is 23.3 Å². The van der Waals surface area contributed by atoms with Crippen LogP contribution in [0, 0.1) is 18.8 Å². The van der Waals surface area contributed by atoms with E-state index in [-0.39, 0.29) is 6.04 Å². The summed E-state index contributed by atoms with van der Waals surface area (Å²) in [4.78, 5) is 2.12. The van der Waals surface area contributed by atoms with Crippen molar-refractivity contribution in [3.8, 4) is 0 Å². The summed E-state index contributed by atoms with van der Waals surface area (Å²) in [5.74, 6) is 1.16. The van der Waals surface area contributed by atoms with Crippen LogP contribution in [0.1, 0.15) is 42.9 Å². The molecular weight excluding hydrogens is 292 g/mol. The van der Waals surface area contributed by atoms with Crippen LogP contribution >= 0.6 is 11.3 Å². The molecule has 0 amide bonds. The molecule has 114 valence electrons. The van der Waals surface area contributed by atoms with Crippen LogP contribution in [-0.4, -0.2) is 14.5 Å². The lowest BCUT2D eigenvalue weighted by atomic mass is 9.81. The second-order valence-electron chi connectivity index (χ2n) is 6.07. The Morgan fingerprint density at radius 3 is 2.40 bits per heavy atom. The van der Waals surface area contributed by atoms with Crippen LogP contribution in [0.15, 0.2) is 11.0 Å². The Morgan fingerprint density at radius 1 is 1.30 bits per heavy atom. The Hall–Kier alpha value is -0.430. The third kappa shape index (κ3) is 3.61. The van der Waals surface area contributed by atoms with Crippen molar-refractivity contribution in [2.45, 2.75) is 57.5 Å². The van der Waals surface area contributed by atoms with Crippen molar-refractivity contribution >= 4 is 21.4 Å². The summed E-state index contributed by atoms with van der Waals surface area (Å²) in [6.07, 6.45) is 3.04. The fourth-order valence-corrected chi connectivity index (χ4v) is 5.99. The molecule has 0 aromatic carbocycles. The molecule has 1 fully saturated rings. The zero-order valence-electron chi connectivity index (χ0n) is 12.3. The van der Waals surface area contributed by atoms with Gasteiger partial charge in [-0.05, 0) is 44.1 Å². The molecule has 1 heterocycles. The predicted molar refractivity (Wildman–Crippen MR) is 83.2 cm³/mol. The maximum Gasteiger partial charge on any atom is 0.241 e. The average Bonchev–Trinajstić information content (AvgIpc) is 2.69. The molecule has 1 aliphatic carbocycles. The Kier molecular flexibility index (Phi) is 4.89. The minimum absolute atomic E-state index is 0.0550. The largest absolute Gasteiger partial charge is 0.326 e. The Balaban J connectivity index is 2.16. The van der Waals surface area contributed by atoms with Gasteiger partial charge in [-0.2, -0.15) is 0 Å². The number of rotatable bonds is 4. The van der Waals surface area contributed by atoms with Crippen LogP contribution in [0.2, 0.25) is 0 Å². The van der Waals surface area contributed by atoms with E-state index in [1.54, 1.807) is 6.07 Å². The third-order valence-electron chi connectivity index (χ3n) is 3.91. The fourth-order valence-electron chi connectivity index (χ4n) is 3.22. The highest BCUT2D eigenvalue weighted by molar-refractivity contribution is 7.89. The van der Waals surface area contributed by atoms with Gasteiger partial charge in [-0.15, -0.1) is 11.3 Å². The fraction of sp³-hybridized carbons (Fsp3) is 0.714. The van der Waals surface area contributed by atoms with Crippen LogP contribution in [0.5, 0.6) is 0 Å². The average molecular weight is 316 g/mol. The van der Waals surface area contributed by atoms with Gasteiger partial charge in [-0.25, -0.2) is 13.1 Å². The maximum absolute atomic E-state index is 12.5. The summed E-state index contributed by atoms with van der Waals surface area (Å²) < 4.78 is 27.9. The van der Waals surface area contributed by atoms with E-state index in [4.69, 9.17) is 5.73 Å². The smallest absolute Gasteiger partial charge is 0.241 e. The van der Waals surface area contributed by atoms with E-state index in [2.05, 4.69) is 18.6 Å². The molecule has 0 spiro atoms. The molecular formula is C14H24N2O2S2. The summed E-state index contributed by atoms with van der Waals surface area (Å²) in [6, 6.07) is 1.76. The molecule has 1 aromatic heterocycles. The number of nitrogens with two attached hydrogens (primary N) is 1. The summed E-state index contributed by atoms with van der Waals surface area (Å²) in [7, 11) is -3.42. The van der Waals surface area contributed by atoms with E-state index in [9.17, 15) is 8.42 Å². The lowest BCUT2D eigenvalue weighted by Crippen LogP contribution is -2.40. The molecule has 0 aliphatic heterocycles. The minimum Gasteiger partial charge on any atom is -0.326 e. The van der Waals surface area contributed by atoms with Crippen LogP contribution in [0.4, 0.5) is 0 Å². The van der Waals surface area contributed by atoms with Crippen molar-refractivity contribution in [2.24, 2.45) is 17.6 Å². The molecule has 1 aromatic rings. The number of hydrogen-bond donors (Lipinski definition) is 2. The predicted octanol–water partition coefficient (Wildman–Crippen LogP) is 2.62. The molecule has 0 radical (unpaired) electrons. The van der Waals surface area contributed by atoms with E-state index < -0.39 is 10.0 Å². The van der Waals surface area contributed by atoms with Gasteiger partial charge in [-0.1, -0.05) is 13.8 Å². The maximum atomic E-state index is 12.5. The summed E-state index contributed by atoms with van der Waals surface area (Å²) in [5.41, 5.74) is 5.59. The molecule has 0 saturated heterocycles. The first-order valence-electron chi connectivity index (χ1n) is 7.13. The van der Waals surface area contributed by atoms with Gasteiger partial charge in [0.05, 0.1) is 4.90 Å². The lowest BCUT2D eigenvalue weighted by Gasteiger charge is -2.31. The van der Waals surface area contributed by atoms with Crippen LogP contribution in [0.25, 0.3) is 0 Å². The third-order valence-corrected chi connectivity index (χ3v) is 6.76. The molecule has 2 rings (SSSR count). The summed E-state index contributed by atoms with van der Waals surface area (Å²) >= 11 is 1.46. The lowest BCUT2D eigenvalue weighted by molar-refractivity contribution is 0.257. The molecule has 6 heteroatoms. The standard InChI is InChI=1S/C14H24N2O2S2/c1-9-4-10(2)6-12(5-9)16-20(17,18)14-7-13(8-15)19-11(14)3/h7,9-10,12,16H,4-6,8,15H2,1-3H3. The van der Waals surface area contributed by atoms with E-state index >= 15 is 0 Å².